The lowest BCUT2D eigenvalue weighted by atomic mass is 10.4. The summed E-state index contributed by atoms with van der Waals surface area (Å²) in [6, 6.07) is 0. The van der Waals surface area contributed by atoms with Crippen molar-refractivity contribution in [3.05, 3.63) is 0 Å². The van der Waals surface area contributed by atoms with E-state index in [1.54, 1.807) is 0 Å². The summed E-state index contributed by atoms with van der Waals surface area (Å²) >= 11 is 0. The number of rotatable bonds is 8. The van der Waals surface area contributed by atoms with E-state index in [0.29, 0.717) is 0 Å². The standard InChI is InChI=1S/C11H26N2O/c1-6-12(7-2)11(14-10-5)13(8-3)9-4/h11H,6-10H2,1-5H3. The number of ether oxygens (including phenoxy) is 1. The molecule has 0 unspecified atom stereocenters. The zero-order valence-corrected chi connectivity index (χ0v) is 10.4. The Morgan fingerprint density at radius 2 is 1.14 bits per heavy atom. The lowest BCUT2D eigenvalue weighted by Gasteiger charge is -2.37. The summed E-state index contributed by atoms with van der Waals surface area (Å²) in [5.74, 6) is 0. The fourth-order valence-electron chi connectivity index (χ4n) is 1.66. The molecule has 3 nitrogen and oxygen atoms in total. The second kappa shape index (κ2) is 8.21. The topological polar surface area (TPSA) is 15.7 Å². The molecule has 0 aliphatic rings. The third-order valence-corrected chi connectivity index (χ3v) is 2.57. The third kappa shape index (κ3) is 3.95. The molecule has 3 heteroatoms. The highest BCUT2D eigenvalue weighted by Crippen LogP contribution is 2.07. The van der Waals surface area contributed by atoms with Gasteiger partial charge in [0.15, 0.2) is 6.35 Å². The van der Waals surface area contributed by atoms with E-state index in [-0.39, 0.29) is 6.35 Å². The van der Waals surface area contributed by atoms with Crippen LogP contribution in [0.1, 0.15) is 34.6 Å². The average molecular weight is 202 g/mol. The van der Waals surface area contributed by atoms with Gasteiger partial charge < -0.3 is 4.74 Å². The molecule has 0 amide bonds. The van der Waals surface area contributed by atoms with Crippen molar-refractivity contribution in [1.82, 2.24) is 9.80 Å². The molecule has 0 atom stereocenters. The van der Waals surface area contributed by atoms with Crippen molar-refractivity contribution in [3.63, 3.8) is 0 Å². The highest BCUT2D eigenvalue weighted by molar-refractivity contribution is 4.61. The minimum atomic E-state index is 0.157. The second-order valence-electron chi connectivity index (χ2n) is 3.22. The smallest absolute Gasteiger partial charge is 0.168 e. The monoisotopic (exact) mass is 202 g/mol. The van der Waals surface area contributed by atoms with Crippen LogP contribution in [0.25, 0.3) is 0 Å². The summed E-state index contributed by atoms with van der Waals surface area (Å²) in [6.07, 6.45) is 0.157. The maximum absolute atomic E-state index is 5.78. The quantitative estimate of drug-likeness (QED) is 0.560. The van der Waals surface area contributed by atoms with Crippen LogP contribution in [0.5, 0.6) is 0 Å². The lowest BCUT2D eigenvalue weighted by molar-refractivity contribution is -0.145. The van der Waals surface area contributed by atoms with Gasteiger partial charge in [0.05, 0.1) is 0 Å². The largest absolute Gasteiger partial charge is 0.350 e. The highest BCUT2D eigenvalue weighted by Gasteiger charge is 2.20. The molecule has 0 saturated heterocycles. The first-order valence-electron chi connectivity index (χ1n) is 5.84. The Morgan fingerprint density at radius 3 is 1.36 bits per heavy atom. The van der Waals surface area contributed by atoms with Gasteiger partial charge in [0.2, 0.25) is 0 Å². The van der Waals surface area contributed by atoms with E-state index < -0.39 is 0 Å². The zero-order chi connectivity index (χ0) is 11.0. The lowest BCUT2D eigenvalue weighted by Crippen LogP contribution is -2.49. The van der Waals surface area contributed by atoms with Gasteiger partial charge in [-0.1, -0.05) is 27.7 Å². The van der Waals surface area contributed by atoms with Crippen LogP contribution in [-0.2, 0) is 4.74 Å². The van der Waals surface area contributed by atoms with E-state index in [1.165, 1.54) is 0 Å². The Kier molecular flexibility index (Phi) is 8.14. The van der Waals surface area contributed by atoms with Crippen molar-refractivity contribution in [2.24, 2.45) is 0 Å². The van der Waals surface area contributed by atoms with Gasteiger partial charge in [0.1, 0.15) is 0 Å². The van der Waals surface area contributed by atoms with Crippen molar-refractivity contribution in [1.29, 1.82) is 0 Å². The van der Waals surface area contributed by atoms with Gasteiger partial charge in [0, 0.05) is 6.61 Å². The predicted octanol–water partition coefficient (Wildman–Crippen LogP) is 1.99. The molecular weight excluding hydrogens is 176 g/mol. The van der Waals surface area contributed by atoms with Gasteiger partial charge in [-0.2, -0.15) is 0 Å². The van der Waals surface area contributed by atoms with E-state index in [2.05, 4.69) is 44.4 Å². The highest BCUT2D eigenvalue weighted by atomic mass is 16.5. The molecule has 0 heterocycles. The van der Waals surface area contributed by atoms with Gasteiger partial charge >= 0.3 is 0 Å². The minimum absolute atomic E-state index is 0.157. The molecule has 86 valence electrons. The van der Waals surface area contributed by atoms with Crippen LogP contribution < -0.4 is 0 Å². The summed E-state index contributed by atoms with van der Waals surface area (Å²) in [5, 5.41) is 0. The first-order chi connectivity index (χ1) is 6.74. The number of nitrogens with zero attached hydrogens (tertiary/aromatic N) is 2. The summed E-state index contributed by atoms with van der Waals surface area (Å²) in [6.45, 7) is 15.7. The molecule has 0 fully saturated rings. The summed E-state index contributed by atoms with van der Waals surface area (Å²) < 4.78 is 5.78. The predicted molar refractivity (Wildman–Crippen MR) is 61.3 cm³/mol. The van der Waals surface area contributed by atoms with Crippen molar-refractivity contribution >= 4 is 0 Å². The van der Waals surface area contributed by atoms with Crippen LogP contribution >= 0.6 is 0 Å². The van der Waals surface area contributed by atoms with Gasteiger partial charge in [-0.25, -0.2) is 0 Å². The SMILES string of the molecule is CCOC(N(CC)CC)N(CC)CC. The number of hydrogen-bond donors (Lipinski definition) is 0. The average Bonchev–Trinajstić information content (AvgIpc) is 2.21. The van der Waals surface area contributed by atoms with E-state index in [1.807, 2.05) is 0 Å². The van der Waals surface area contributed by atoms with Crippen LogP contribution in [0.4, 0.5) is 0 Å². The van der Waals surface area contributed by atoms with Crippen molar-refractivity contribution in [2.45, 2.75) is 41.0 Å². The van der Waals surface area contributed by atoms with E-state index in [9.17, 15) is 0 Å². The normalized spacial score (nSPS) is 12.0. The number of hydrogen-bond acceptors (Lipinski definition) is 3. The van der Waals surface area contributed by atoms with Gasteiger partial charge in [-0.3, -0.25) is 9.80 Å². The van der Waals surface area contributed by atoms with Crippen LogP contribution in [0.15, 0.2) is 0 Å². The molecule has 14 heavy (non-hydrogen) atoms. The molecule has 0 aliphatic carbocycles. The molecule has 0 spiro atoms. The molecule has 0 radical (unpaired) electrons. The fourth-order valence-corrected chi connectivity index (χ4v) is 1.66. The molecule has 0 aromatic rings. The van der Waals surface area contributed by atoms with Gasteiger partial charge in [0.25, 0.3) is 0 Å². The van der Waals surface area contributed by atoms with Crippen molar-refractivity contribution in [3.8, 4) is 0 Å². The van der Waals surface area contributed by atoms with Crippen molar-refractivity contribution < 1.29 is 4.74 Å². The summed E-state index contributed by atoms with van der Waals surface area (Å²) in [7, 11) is 0. The van der Waals surface area contributed by atoms with Crippen LogP contribution in [0, 0.1) is 0 Å². The molecule has 0 aromatic heterocycles. The molecule has 0 rings (SSSR count). The van der Waals surface area contributed by atoms with Crippen LogP contribution in [0.2, 0.25) is 0 Å². The Labute approximate surface area is 89.0 Å². The summed E-state index contributed by atoms with van der Waals surface area (Å²) in [4.78, 5) is 4.69. The molecule has 0 aromatic carbocycles. The first-order valence-corrected chi connectivity index (χ1v) is 5.84. The van der Waals surface area contributed by atoms with Crippen molar-refractivity contribution in [2.75, 3.05) is 32.8 Å². The Balaban J connectivity index is 4.36. The van der Waals surface area contributed by atoms with E-state index in [0.717, 1.165) is 32.8 Å². The Bertz CT molecular complexity index is 110. The van der Waals surface area contributed by atoms with E-state index >= 15 is 0 Å². The summed E-state index contributed by atoms with van der Waals surface area (Å²) in [5.41, 5.74) is 0. The minimum Gasteiger partial charge on any atom is -0.350 e. The fraction of sp³-hybridized carbons (Fsp3) is 1.00. The van der Waals surface area contributed by atoms with Gasteiger partial charge in [-0.15, -0.1) is 0 Å². The maximum atomic E-state index is 5.78. The van der Waals surface area contributed by atoms with Crippen LogP contribution in [-0.4, -0.2) is 48.9 Å². The Hall–Kier alpha value is -0.120. The first kappa shape index (κ1) is 13.9. The molecule has 0 N–H and O–H groups in total. The van der Waals surface area contributed by atoms with Gasteiger partial charge in [-0.05, 0) is 33.1 Å². The third-order valence-electron chi connectivity index (χ3n) is 2.57. The van der Waals surface area contributed by atoms with Crippen LogP contribution in [0.3, 0.4) is 0 Å². The van der Waals surface area contributed by atoms with E-state index in [4.69, 9.17) is 4.74 Å². The molecule has 0 bridgehead atoms. The molecule has 0 saturated carbocycles. The maximum Gasteiger partial charge on any atom is 0.168 e. The Morgan fingerprint density at radius 1 is 0.786 bits per heavy atom. The molecular formula is C11H26N2O. The molecule has 0 aliphatic heterocycles. The second-order valence-corrected chi connectivity index (χ2v) is 3.22. The zero-order valence-electron chi connectivity index (χ0n) is 10.4.